The molecule has 2 aliphatic rings. The van der Waals surface area contributed by atoms with Crippen molar-refractivity contribution in [3.63, 3.8) is 0 Å². The van der Waals surface area contributed by atoms with E-state index in [0.29, 0.717) is 28.6 Å². The van der Waals surface area contributed by atoms with E-state index in [-0.39, 0.29) is 28.4 Å². The third kappa shape index (κ3) is 12.0. The molecule has 0 spiro atoms. The summed E-state index contributed by atoms with van der Waals surface area (Å²) in [5, 5.41) is 12.9. The third-order valence-corrected chi connectivity index (χ3v) is 21.6. The van der Waals surface area contributed by atoms with E-state index in [9.17, 15) is 5.26 Å². The molecule has 15 aromatic rings. The molecular formula is C98H84BN7. The van der Waals surface area contributed by atoms with Crippen molar-refractivity contribution in [2.24, 2.45) is 0 Å². The van der Waals surface area contributed by atoms with E-state index >= 15 is 0 Å². The second-order valence-corrected chi connectivity index (χ2v) is 32.9. The van der Waals surface area contributed by atoms with Crippen LogP contribution in [0.4, 0.5) is 34.1 Å². The topological polar surface area (TPSA) is 73.9 Å². The highest BCUT2D eigenvalue weighted by Crippen LogP contribution is 2.49. The van der Waals surface area contributed by atoms with Gasteiger partial charge in [-0.3, -0.25) is 0 Å². The molecule has 2 aromatic heterocycles. The minimum atomic E-state index is -0.194. The Morgan fingerprint density at radius 2 is 0.642 bits per heavy atom. The van der Waals surface area contributed by atoms with Crippen LogP contribution in [-0.2, 0) is 21.7 Å². The zero-order valence-corrected chi connectivity index (χ0v) is 62.4. The maximum Gasteiger partial charge on any atom is 0.252 e. The fourth-order valence-electron chi connectivity index (χ4n) is 15.7. The average molecular weight is 1370 g/mol. The Kier molecular flexibility index (Phi) is 16.2. The van der Waals surface area contributed by atoms with Crippen LogP contribution in [0.15, 0.2) is 291 Å². The van der Waals surface area contributed by atoms with Gasteiger partial charge in [0.15, 0.2) is 17.5 Å². The Morgan fingerprint density at radius 3 is 1.05 bits per heavy atom. The fraction of sp³-hybridized carbons (Fsp3) is 0.163. The number of benzene rings is 13. The molecule has 0 N–H and O–H groups in total. The average Bonchev–Trinajstić information content (AvgIpc) is 0.859. The number of fused-ring (bicyclic) bond motifs is 7. The van der Waals surface area contributed by atoms with Gasteiger partial charge < -0.3 is 14.4 Å². The van der Waals surface area contributed by atoms with Gasteiger partial charge in [0, 0.05) is 61.6 Å². The summed E-state index contributed by atoms with van der Waals surface area (Å²) in [5.41, 5.74) is 30.4. The van der Waals surface area contributed by atoms with Crippen LogP contribution in [0.1, 0.15) is 111 Å². The van der Waals surface area contributed by atoms with Crippen LogP contribution in [0.3, 0.4) is 0 Å². The van der Waals surface area contributed by atoms with E-state index in [1.165, 1.54) is 60.9 Å². The minimum absolute atomic E-state index is 0.0742. The first kappa shape index (κ1) is 67.0. The normalized spacial score (nSPS) is 12.8. The highest BCUT2D eigenvalue weighted by Gasteiger charge is 2.44. The zero-order chi connectivity index (χ0) is 73.1. The largest absolute Gasteiger partial charge is 0.311 e. The Bertz CT molecular complexity index is 5690. The fourth-order valence-corrected chi connectivity index (χ4v) is 15.7. The maximum absolute atomic E-state index is 10.7. The Balaban J connectivity index is 0.934. The van der Waals surface area contributed by atoms with Gasteiger partial charge in [0.25, 0.3) is 6.71 Å². The Morgan fingerprint density at radius 1 is 0.292 bits per heavy atom. The van der Waals surface area contributed by atoms with Gasteiger partial charge in [-0.05, 0) is 196 Å². The summed E-state index contributed by atoms with van der Waals surface area (Å²) in [7, 11) is 0. The van der Waals surface area contributed by atoms with E-state index in [2.05, 4.69) is 322 Å². The van der Waals surface area contributed by atoms with E-state index in [0.717, 1.165) is 95.0 Å². The van der Waals surface area contributed by atoms with Crippen molar-refractivity contribution in [3.8, 4) is 90.4 Å². The van der Waals surface area contributed by atoms with Crippen LogP contribution >= 0.6 is 0 Å². The van der Waals surface area contributed by atoms with Crippen molar-refractivity contribution in [1.82, 2.24) is 19.5 Å². The van der Waals surface area contributed by atoms with Crippen LogP contribution in [0.25, 0.3) is 106 Å². The van der Waals surface area contributed by atoms with Gasteiger partial charge in [0.05, 0.1) is 28.4 Å². The Labute approximate surface area is 623 Å². The summed E-state index contributed by atoms with van der Waals surface area (Å²) in [5.74, 6) is 1.54. The molecule has 4 heterocycles. The molecule has 0 saturated carbocycles. The number of para-hydroxylation sites is 2. The highest BCUT2D eigenvalue weighted by atomic mass is 15.2. The molecule has 0 atom stereocenters. The minimum Gasteiger partial charge on any atom is -0.311 e. The van der Waals surface area contributed by atoms with Crippen LogP contribution < -0.4 is 26.2 Å². The summed E-state index contributed by atoms with van der Waals surface area (Å²) in [4.78, 5) is 20.7. The number of anilines is 6. The van der Waals surface area contributed by atoms with Gasteiger partial charge in [-0.15, -0.1) is 0 Å². The lowest BCUT2D eigenvalue weighted by Gasteiger charge is -2.44. The molecule has 0 fully saturated rings. The van der Waals surface area contributed by atoms with E-state index in [1.807, 2.05) is 72.8 Å². The zero-order valence-electron chi connectivity index (χ0n) is 62.4. The number of nitrogens with zero attached hydrogens (tertiary/aromatic N) is 7. The monoisotopic (exact) mass is 1370 g/mol. The predicted octanol–water partition coefficient (Wildman–Crippen LogP) is 23.8. The molecule has 514 valence electrons. The quantitative estimate of drug-likeness (QED) is 0.127. The number of hydrogen-bond acceptors (Lipinski definition) is 6. The maximum atomic E-state index is 10.7. The number of nitriles is 1. The van der Waals surface area contributed by atoms with Crippen LogP contribution in [0.5, 0.6) is 0 Å². The molecule has 8 heteroatoms. The molecule has 0 bridgehead atoms. The predicted molar refractivity (Wildman–Crippen MR) is 446 cm³/mol. The summed E-state index contributed by atoms with van der Waals surface area (Å²) < 4.78 is 2.34. The highest BCUT2D eigenvalue weighted by molar-refractivity contribution is 7.00. The lowest BCUT2D eigenvalue weighted by Crippen LogP contribution is -2.61. The first-order valence-electron chi connectivity index (χ1n) is 37.1. The van der Waals surface area contributed by atoms with E-state index in [1.54, 1.807) is 0 Å². The Hall–Kier alpha value is -12.2. The molecule has 7 nitrogen and oxygen atoms in total. The molecule has 0 radical (unpaired) electrons. The smallest absolute Gasteiger partial charge is 0.252 e. The van der Waals surface area contributed by atoms with Gasteiger partial charge in [0.1, 0.15) is 0 Å². The first-order chi connectivity index (χ1) is 51.0. The molecule has 2 aliphatic heterocycles. The second kappa shape index (κ2) is 25.6. The van der Waals surface area contributed by atoms with Crippen LogP contribution in [0, 0.1) is 11.3 Å². The van der Waals surface area contributed by atoms with Crippen molar-refractivity contribution >= 4 is 79.0 Å². The van der Waals surface area contributed by atoms with E-state index in [4.69, 9.17) is 15.0 Å². The van der Waals surface area contributed by atoms with E-state index < -0.39 is 0 Å². The lowest BCUT2D eigenvalue weighted by atomic mass is 9.33. The van der Waals surface area contributed by atoms with Gasteiger partial charge in [-0.1, -0.05) is 283 Å². The SMILES string of the molecule is CC(C)(C)c1cc(-c2ccc3c(c2)B2c4cc(-c5cc(C(C)(C)C)cc(C(C)(C)C)c5)ccc4N(c4ccccc4)c4cc(-c5ccc6c(c5)c5cc(-c7ccccc7)ccc5n6-c5ccc(C#N)cc5-c5nc(-c6ccccc6)nc(-c6ccccc6)n5)cc(c42)N3c2ccccc2)cc(C(C)(C)C)c1. The summed E-state index contributed by atoms with van der Waals surface area (Å²) >= 11 is 0. The van der Waals surface area contributed by atoms with Gasteiger partial charge in [-0.25, -0.2) is 15.0 Å². The first-order valence-corrected chi connectivity index (χ1v) is 37.1. The molecule has 106 heavy (non-hydrogen) atoms. The van der Waals surface area contributed by atoms with Crippen molar-refractivity contribution in [3.05, 3.63) is 319 Å². The van der Waals surface area contributed by atoms with Gasteiger partial charge >= 0.3 is 0 Å². The molecule has 0 amide bonds. The number of aromatic nitrogens is 4. The van der Waals surface area contributed by atoms with Crippen molar-refractivity contribution in [2.45, 2.75) is 105 Å². The summed E-state index contributed by atoms with van der Waals surface area (Å²) in [6.45, 7) is 27.8. The molecule has 0 saturated heterocycles. The van der Waals surface area contributed by atoms with Crippen LogP contribution in [0.2, 0.25) is 0 Å². The molecular weight excluding hydrogens is 1290 g/mol. The second-order valence-electron chi connectivity index (χ2n) is 32.9. The van der Waals surface area contributed by atoms with Crippen LogP contribution in [-0.4, -0.2) is 26.2 Å². The lowest BCUT2D eigenvalue weighted by molar-refractivity contribution is 0.568. The number of rotatable bonds is 10. The molecule has 17 rings (SSSR count). The molecule has 0 unspecified atom stereocenters. The molecule has 13 aromatic carbocycles. The van der Waals surface area contributed by atoms with Crippen molar-refractivity contribution in [1.29, 1.82) is 5.26 Å². The summed E-state index contributed by atoms with van der Waals surface area (Å²) in [6.07, 6.45) is 0. The van der Waals surface area contributed by atoms with Crippen molar-refractivity contribution < 1.29 is 0 Å². The van der Waals surface area contributed by atoms with Gasteiger partial charge in [-0.2, -0.15) is 5.26 Å². The van der Waals surface area contributed by atoms with Crippen molar-refractivity contribution in [2.75, 3.05) is 9.80 Å². The molecule has 0 aliphatic carbocycles. The summed E-state index contributed by atoms with van der Waals surface area (Å²) in [6, 6.07) is 109. The standard InChI is InChI=1S/C98H84BN7/c1-95(2,3)73-49-70(50-74(59-73)96(4,5)6)68-41-46-87-82(55-68)99-83-56-69(71-51-75(97(7,8)9)60-76(52-71)98(10,11)12)42-47-88(83)105(78-36-26-17-27-37-78)90-58-72(57-89(91(90)99)104(87)77-34-24-16-25-35-77)67-40-45-85-80(54-67)79-53-66(63-28-18-13-19-29-63)39-44-84(79)106(85)86-43-38-62(61-100)48-81(86)94-102-92(64-30-20-14-21-31-64)101-93(103-94)65-32-22-15-23-33-65/h13-60H,1-12H3. The van der Waals surface area contributed by atoms with Gasteiger partial charge in [0.2, 0.25) is 0 Å². The third-order valence-electron chi connectivity index (χ3n) is 21.6. The number of hydrogen-bond donors (Lipinski definition) is 0.